The van der Waals surface area contributed by atoms with E-state index in [4.69, 9.17) is 4.74 Å². The lowest BCUT2D eigenvalue weighted by Crippen LogP contribution is -1.97. The highest BCUT2D eigenvalue weighted by atomic mass is 32.1. The second-order valence-electron chi connectivity index (χ2n) is 4.60. The van der Waals surface area contributed by atoms with Gasteiger partial charge in [-0.15, -0.1) is 11.3 Å². The molecule has 19 heavy (non-hydrogen) atoms. The van der Waals surface area contributed by atoms with Crippen molar-refractivity contribution in [3.8, 4) is 5.75 Å². The van der Waals surface area contributed by atoms with Crippen LogP contribution in [0.15, 0.2) is 24.3 Å². The molecule has 1 heterocycles. The van der Waals surface area contributed by atoms with E-state index in [1.807, 2.05) is 18.2 Å². The molecule has 0 aliphatic carbocycles. The van der Waals surface area contributed by atoms with E-state index in [1.54, 1.807) is 11.3 Å². The van der Waals surface area contributed by atoms with Gasteiger partial charge in [0.2, 0.25) is 0 Å². The highest BCUT2D eigenvalue weighted by molar-refractivity contribution is 7.13. The number of hydrogen-bond donors (Lipinski definition) is 0. The van der Waals surface area contributed by atoms with Crippen LogP contribution in [0.4, 0.5) is 0 Å². The largest absolute Gasteiger partial charge is 0.489 e. The quantitative estimate of drug-likeness (QED) is 0.759. The fourth-order valence-electron chi connectivity index (χ4n) is 1.93. The van der Waals surface area contributed by atoms with E-state index < -0.39 is 0 Å². The predicted molar refractivity (Wildman–Crippen MR) is 79.3 cm³/mol. The molecule has 0 fully saturated rings. The standard InChI is InChI=1S/C16H18O2S/c1-4-16-13(8-15(9-17)19-16)10-18-14-6-5-11(2)12(3)7-14/h5-9H,4,10H2,1-3H3. The Morgan fingerprint density at radius 3 is 2.63 bits per heavy atom. The van der Waals surface area contributed by atoms with Crippen molar-refractivity contribution >= 4 is 17.6 Å². The summed E-state index contributed by atoms with van der Waals surface area (Å²) in [6.45, 7) is 6.79. The van der Waals surface area contributed by atoms with Crippen LogP contribution in [0.2, 0.25) is 0 Å². The summed E-state index contributed by atoms with van der Waals surface area (Å²) in [5.74, 6) is 0.879. The Hall–Kier alpha value is -1.61. The second-order valence-corrected chi connectivity index (χ2v) is 5.77. The van der Waals surface area contributed by atoms with E-state index in [0.29, 0.717) is 6.61 Å². The van der Waals surface area contributed by atoms with E-state index >= 15 is 0 Å². The molecule has 1 aromatic heterocycles. The third-order valence-corrected chi connectivity index (χ3v) is 4.47. The molecule has 0 bridgehead atoms. The van der Waals surface area contributed by atoms with Crippen LogP contribution in [0, 0.1) is 13.8 Å². The Kier molecular flexibility index (Phi) is 4.38. The summed E-state index contributed by atoms with van der Waals surface area (Å²) in [6.07, 6.45) is 1.84. The molecule has 0 saturated heterocycles. The van der Waals surface area contributed by atoms with Crippen molar-refractivity contribution in [2.24, 2.45) is 0 Å². The number of carbonyl (C=O) groups is 1. The van der Waals surface area contributed by atoms with Crippen LogP contribution in [-0.2, 0) is 13.0 Å². The number of aryl methyl sites for hydroxylation is 3. The van der Waals surface area contributed by atoms with Crippen molar-refractivity contribution in [1.29, 1.82) is 0 Å². The molecule has 2 nitrogen and oxygen atoms in total. The first-order valence-electron chi connectivity index (χ1n) is 6.41. The molecular formula is C16H18O2S. The van der Waals surface area contributed by atoms with Gasteiger partial charge in [0.25, 0.3) is 0 Å². The lowest BCUT2D eigenvalue weighted by Gasteiger charge is -2.08. The SMILES string of the molecule is CCc1sc(C=O)cc1COc1ccc(C)c(C)c1. The fraction of sp³-hybridized carbons (Fsp3) is 0.312. The molecule has 0 unspecified atom stereocenters. The van der Waals surface area contributed by atoms with Crippen LogP contribution in [0.25, 0.3) is 0 Å². The van der Waals surface area contributed by atoms with Gasteiger partial charge >= 0.3 is 0 Å². The fourth-order valence-corrected chi connectivity index (χ4v) is 2.86. The normalized spacial score (nSPS) is 10.5. The monoisotopic (exact) mass is 274 g/mol. The Morgan fingerprint density at radius 2 is 2.00 bits per heavy atom. The molecule has 0 aliphatic rings. The van der Waals surface area contributed by atoms with Crippen LogP contribution in [0.5, 0.6) is 5.75 Å². The van der Waals surface area contributed by atoms with Gasteiger partial charge < -0.3 is 4.74 Å². The van der Waals surface area contributed by atoms with Gasteiger partial charge in [0.15, 0.2) is 6.29 Å². The zero-order chi connectivity index (χ0) is 13.8. The van der Waals surface area contributed by atoms with E-state index in [-0.39, 0.29) is 0 Å². The molecule has 0 saturated carbocycles. The molecular weight excluding hydrogens is 256 g/mol. The van der Waals surface area contributed by atoms with Crippen molar-refractivity contribution in [1.82, 2.24) is 0 Å². The van der Waals surface area contributed by atoms with Crippen LogP contribution >= 0.6 is 11.3 Å². The molecule has 2 rings (SSSR count). The maximum Gasteiger partial charge on any atom is 0.160 e. The van der Waals surface area contributed by atoms with Gasteiger partial charge in [-0.2, -0.15) is 0 Å². The average molecular weight is 274 g/mol. The van der Waals surface area contributed by atoms with Crippen molar-refractivity contribution < 1.29 is 9.53 Å². The van der Waals surface area contributed by atoms with E-state index in [9.17, 15) is 4.79 Å². The summed E-state index contributed by atoms with van der Waals surface area (Å²) in [5, 5.41) is 0. The Morgan fingerprint density at radius 1 is 1.21 bits per heavy atom. The highest BCUT2D eigenvalue weighted by Crippen LogP contribution is 2.24. The number of carbonyl (C=O) groups excluding carboxylic acids is 1. The van der Waals surface area contributed by atoms with Crippen LogP contribution in [0.1, 0.15) is 38.2 Å². The molecule has 100 valence electrons. The third-order valence-electron chi connectivity index (χ3n) is 3.23. The van der Waals surface area contributed by atoms with Gasteiger partial charge in [0, 0.05) is 10.4 Å². The van der Waals surface area contributed by atoms with E-state index in [1.165, 1.54) is 16.0 Å². The number of rotatable bonds is 5. The smallest absolute Gasteiger partial charge is 0.160 e. The molecule has 0 spiro atoms. The lowest BCUT2D eigenvalue weighted by atomic mass is 10.1. The van der Waals surface area contributed by atoms with Crippen LogP contribution < -0.4 is 4.74 Å². The van der Waals surface area contributed by atoms with Gasteiger partial charge in [-0.25, -0.2) is 0 Å². The summed E-state index contributed by atoms with van der Waals surface area (Å²) in [5.41, 5.74) is 3.61. The van der Waals surface area contributed by atoms with Crippen LogP contribution in [-0.4, -0.2) is 6.29 Å². The van der Waals surface area contributed by atoms with Gasteiger partial charge in [0.1, 0.15) is 12.4 Å². The molecule has 3 heteroatoms. The number of benzene rings is 1. The number of thiophene rings is 1. The topological polar surface area (TPSA) is 26.3 Å². The first kappa shape index (κ1) is 13.8. The Bertz CT molecular complexity index is 584. The van der Waals surface area contributed by atoms with Crippen molar-refractivity contribution in [3.63, 3.8) is 0 Å². The molecule has 0 atom stereocenters. The lowest BCUT2D eigenvalue weighted by molar-refractivity contribution is 0.112. The van der Waals surface area contributed by atoms with E-state index in [0.717, 1.165) is 28.9 Å². The number of ether oxygens (including phenoxy) is 1. The second kappa shape index (κ2) is 6.02. The molecule has 1 aromatic carbocycles. The average Bonchev–Trinajstić information content (AvgIpc) is 2.82. The van der Waals surface area contributed by atoms with Crippen molar-refractivity contribution in [2.75, 3.05) is 0 Å². The van der Waals surface area contributed by atoms with E-state index in [2.05, 4.69) is 26.8 Å². The number of hydrogen-bond acceptors (Lipinski definition) is 3. The Labute approximate surface area is 118 Å². The van der Waals surface area contributed by atoms with Crippen molar-refractivity contribution in [3.05, 3.63) is 50.7 Å². The summed E-state index contributed by atoms with van der Waals surface area (Å²) < 4.78 is 5.82. The maximum atomic E-state index is 10.8. The first-order valence-corrected chi connectivity index (χ1v) is 7.22. The Balaban J connectivity index is 2.11. The van der Waals surface area contributed by atoms with Gasteiger partial charge in [-0.1, -0.05) is 13.0 Å². The number of aldehydes is 1. The van der Waals surface area contributed by atoms with Crippen LogP contribution in [0.3, 0.4) is 0 Å². The zero-order valence-corrected chi connectivity index (χ0v) is 12.3. The third kappa shape index (κ3) is 3.24. The summed E-state index contributed by atoms with van der Waals surface area (Å²) in [4.78, 5) is 12.8. The minimum atomic E-state index is 0.524. The minimum absolute atomic E-state index is 0.524. The van der Waals surface area contributed by atoms with Crippen molar-refractivity contribution in [2.45, 2.75) is 33.8 Å². The molecule has 0 amide bonds. The zero-order valence-electron chi connectivity index (χ0n) is 11.5. The first-order chi connectivity index (χ1) is 9.13. The molecule has 2 aromatic rings. The van der Waals surface area contributed by atoms with Gasteiger partial charge in [0.05, 0.1) is 4.88 Å². The highest BCUT2D eigenvalue weighted by Gasteiger charge is 2.08. The van der Waals surface area contributed by atoms with Gasteiger partial charge in [-0.3, -0.25) is 4.79 Å². The molecule has 0 N–H and O–H groups in total. The maximum absolute atomic E-state index is 10.8. The molecule has 0 aliphatic heterocycles. The summed E-state index contributed by atoms with van der Waals surface area (Å²) >= 11 is 1.55. The van der Waals surface area contributed by atoms with Gasteiger partial charge in [-0.05, 0) is 49.6 Å². The summed E-state index contributed by atoms with van der Waals surface area (Å²) in [7, 11) is 0. The predicted octanol–water partition coefficient (Wildman–Crippen LogP) is 4.32. The molecule has 0 radical (unpaired) electrons. The summed E-state index contributed by atoms with van der Waals surface area (Å²) in [6, 6.07) is 8.03. The minimum Gasteiger partial charge on any atom is -0.489 e.